The van der Waals surface area contributed by atoms with Gasteiger partial charge in [0.25, 0.3) is 0 Å². The molecule has 0 spiro atoms. The molecule has 0 fully saturated rings. The van der Waals surface area contributed by atoms with Crippen LogP contribution in [0.15, 0.2) is 65.1 Å². The lowest BCUT2D eigenvalue weighted by molar-refractivity contribution is -0.137. The van der Waals surface area contributed by atoms with E-state index in [2.05, 4.69) is 16.2 Å². The average Bonchev–Trinajstić information content (AvgIpc) is 3.16. The molecule has 0 radical (unpaired) electrons. The number of carbonyl (C=O) groups excluding carboxylic acids is 1. The number of nitrogens with one attached hydrogen (secondary N) is 3. The SMILES string of the molecule is O=C(NNC(=S)Nc1ccccc1)c1ccc(-c2cc(C(F)(F)F)ccc2Cl)o1. The van der Waals surface area contributed by atoms with Crippen LogP contribution in [0.5, 0.6) is 0 Å². The quantitative estimate of drug-likeness (QED) is 0.384. The van der Waals surface area contributed by atoms with Crippen LogP contribution >= 0.6 is 23.8 Å². The van der Waals surface area contributed by atoms with Gasteiger partial charge in [-0.2, -0.15) is 13.2 Å². The summed E-state index contributed by atoms with van der Waals surface area (Å²) in [4.78, 5) is 12.2. The molecule has 0 saturated heterocycles. The standard InChI is InChI=1S/C19H13ClF3N3O2S/c20-14-7-6-11(19(21,22)23)10-13(14)15-8-9-16(28-15)17(27)25-26-18(29)24-12-4-2-1-3-5-12/h1-10H,(H,25,27)(H2,24,26,29). The highest BCUT2D eigenvalue weighted by Gasteiger charge is 2.31. The van der Waals surface area contributed by atoms with Crippen LogP contribution in [0.25, 0.3) is 11.3 Å². The third-order valence-electron chi connectivity index (χ3n) is 3.71. The van der Waals surface area contributed by atoms with E-state index < -0.39 is 17.6 Å². The van der Waals surface area contributed by atoms with Gasteiger partial charge in [0.2, 0.25) is 0 Å². The van der Waals surface area contributed by atoms with Gasteiger partial charge in [0.05, 0.1) is 10.6 Å². The fraction of sp³-hybridized carbons (Fsp3) is 0.0526. The minimum atomic E-state index is -4.53. The Labute approximate surface area is 173 Å². The second-order valence-corrected chi connectivity index (χ2v) is 6.57. The second-order valence-electron chi connectivity index (χ2n) is 5.76. The van der Waals surface area contributed by atoms with E-state index in [4.69, 9.17) is 28.2 Å². The normalized spacial score (nSPS) is 11.0. The van der Waals surface area contributed by atoms with E-state index in [0.717, 1.165) is 23.9 Å². The number of alkyl halides is 3. The summed E-state index contributed by atoms with van der Waals surface area (Å²) in [6.07, 6.45) is -4.53. The Bertz CT molecular complexity index is 1040. The smallest absolute Gasteiger partial charge is 0.416 e. The molecule has 1 aromatic heterocycles. The lowest BCUT2D eigenvalue weighted by Crippen LogP contribution is -2.43. The van der Waals surface area contributed by atoms with Gasteiger partial charge >= 0.3 is 12.1 Å². The minimum Gasteiger partial charge on any atom is -0.451 e. The molecule has 29 heavy (non-hydrogen) atoms. The van der Waals surface area contributed by atoms with Gasteiger partial charge in [0, 0.05) is 11.3 Å². The molecule has 0 aliphatic heterocycles. The zero-order valence-corrected chi connectivity index (χ0v) is 16.1. The summed E-state index contributed by atoms with van der Waals surface area (Å²) in [7, 11) is 0. The lowest BCUT2D eigenvalue weighted by Gasteiger charge is -2.10. The zero-order chi connectivity index (χ0) is 21.0. The van der Waals surface area contributed by atoms with Gasteiger partial charge in [0.1, 0.15) is 5.76 Å². The second kappa shape index (κ2) is 8.54. The van der Waals surface area contributed by atoms with E-state index in [1.807, 2.05) is 18.2 Å². The Hall–Kier alpha value is -3.04. The highest BCUT2D eigenvalue weighted by Crippen LogP contribution is 2.36. The molecule has 150 valence electrons. The Morgan fingerprint density at radius 3 is 2.41 bits per heavy atom. The molecule has 5 nitrogen and oxygen atoms in total. The molecular formula is C19H13ClF3N3O2S. The van der Waals surface area contributed by atoms with Crippen molar-refractivity contribution in [3.05, 3.63) is 77.0 Å². The van der Waals surface area contributed by atoms with Crippen LogP contribution in [-0.4, -0.2) is 11.0 Å². The fourth-order valence-electron chi connectivity index (χ4n) is 2.35. The predicted molar refractivity (Wildman–Crippen MR) is 107 cm³/mol. The number of para-hydroxylation sites is 1. The van der Waals surface area contributed by atoms with Gasteiger partial charge < -0.3 is 9.73 Å². The first-order valence-corrected chi connectivity index (χ1v) is 8.92. The van der Waals surface area contributed by atoms with Crippen molar-refractivity contribution in [3.8, 4) is 11.3 Å². The maximum Gasteiger partial charge on any atom is 0.416 e. The van der Waals surface area contributed by atoms with E-state index in [1.165, 1.54) is 12.1 Å². The van der Waals surface area contributed by atoms with Crippen LogP contribution < -0.4 is 16.2 Å². The maximum absolute atomic E-state index is 12.9. The van der Waals surface area contributed by atoms with Crippen LogP contribution in [0.2, 0.25) is 5.02 Å². The first-order valence-electron chi connectivity index (χ1n) is 8.13. The van der Waals surface area contributed by atoms with Gasteiger partial charge in [-0.05, 0) is 54.7 Å². The number of amides is 1. The Kier molecular flexibility index (Phi) is 6.09. The molecule has 0 aliphatic rings. The van der Waals surface area contributed by atoms with Gasteiger partial charge in [-0.25, -0.2) is 0 Å². The highest BCUT2D eigenvalue weighted by atomic mass is 35.5. The summed E-state index contributed by atoms with van der Waals surface area (Å²) in [6.45, 7) is 0. The van der Waals surface area contributed by atoms with E-state index in [0.29, 0.717) is 0 Å². The number of hydrogen-bond acceptors (Lipinski definition) is 3. The van der Waals surface area contributed by atoms with Crippen molar-refractivity contribution in [2.75, 3.05) is 5.32 Å². The number of carbonyl (C=O) groups is 1. The van der Waals surface area contributed by atoms with Crippen molar-refractivity contribution < 1.29 is 22.4 Å². The lowest BCUT2D eigenvalue weighted by atomic mass is 10.1. The number of anilines is 1. The zero-order valence-electron chi connectivity index (χ0n) is 14.5. The summed E-state index contributed by atoms with van der Waals surface area (Å²) in [5, 5.41) is 3.06. The maximum atomic E-state index is 12.9. The number of furan rings is 1. The number of thiocarbonyl (C=S) groups is 1. The largest absolute Gasteiger partial charge is 0.451 e. The third kappa shape index (κ3) is 5.27. The van der Waals surface area contributed by atoms with Gasteiger partial charge in [0.15, 0.2) is 10.9 Å². The van der Waals surface area contributed by atoms with Crippen LogP contribution in [0.4, 0.5) is 18.9 Å². The molecule has 0 unspecified atom stereocenters. The Morgan fingerprint density at radius 2 is 1.72 bits per heavy atom. The van der Waals surface area contributed by atoms with Crippen LogP contribution in [0.1, 0.15) is 16.1 Å². The summed E-state index contributed by atoms with van der Waals surface area (Å²) in [5.74, 6) is -0.781. The van der Waals surface area contributed by atoms with Crippen molar-refractivity contribution in [2.45, 2.75) is 6.18 Å². The number of halogens is 4. The summed E-state index contributed by atoms with van der Waals surface area (Å²) in [6, 6.07) is 14.6. The van der Waals surface area contributed by atoms with Crippen LogP contribution in [0, 0.1) is 0 Å². The predicted octanol–water partition coefficient (Wildman–Crippen LogP) is 5.25. The molecule has 0 bridgehead atoms. The molecule has 3 N–H and O–H groups in total. The van der Waals surface area contributed by atoms with Gasteiger partial charge in [-0.1, -0.05) is 29.8 Å². The number of hydrogen-bond donors (Lipinski definition) is 3. The minimum absolute atomic E-state index is 0.0229. The summed E-state index contributed by atoms with van der Waals surface area (Å²) in [5.41, 5.74) is 4.71. The van der Waals surface area contributed by atoms with E-state index in [9.17, 15) is 18.0 Å². The summed E-state index contributed by atoms with van der Waals surface area (Å²) < 4.78 is 44.1. The first kappa shape index (κ1) is 20.7. The molecule has 1 heterocycles. The molecule has 3 aromatic rings. The van der Waals surface area contributed by atoms with Crippen LogP contribution in [-0.2, 0) is 6.18 Å². The first-order chi connectivity index (χ1) is 13.7. The van der Waals surface area contributed by atoms with E-state index in [1.54, 1.807) is 12.1 Å². The van der Waals surface area contributed by atoms with Crippen molar-refractivity contribution in [1.29, 1.82) is 0 Å². The summed E-state index contributed by atoms with van der Waals surface area (Å²) >= 11 is 11.0. The van der Waals surface area contributed by atoms with E-state index >= 15 is 0 Å². The molecule has 1 amide bonds. The van der Waals surface area contributed by atoms with Gasteiger partial charge in [-0.15, -0.1) is 0 Å². The molecule has 3 rings (SSSR count). The monoisotopic (exact) mass is 439 g/mol. The molecule has 2 aromatic carbocycles. The topological polar surface area (TPSA) is 66.3 Å². The fourth-order valence-corrected chi connectivity index (χ4v) is 2.73. The van der Waals surface area contributed by atoms with Crippen LogP contribution in [0.3, 0.4) is 0 Å². The van der Waals surface area contributed by atoms with Crippen molar-refractivity contribution in [2.24, 2.45) is 0 Å². The number of hydrazine groups is 1. The molecule has 0 atom stereocenters. The third-order valence-corrected chi connectivity index (χ3v) is 4.24. The van der Waals surface area contributed by atoms with E-state index in [-0.39, 0.29) is 27.2 Å². The number of benzene rings is 2. The van der Waals surface area contributed by atoms with Gasteiger partial charge in [-0.3, -0.25) is 15.6 Å². The Morgan fingerprint density at radius 1 is 1.00 bits per heavy atom. The molecule has 10 heteroatoms. The molecule has 0 saturated carbocycles. The Balaban J connectivity index is 1.67. The van der Waals surface area contributed by atoms with Crippen molar-refractivity contribution in [1.82, 2.24) is 10.9 Å². The van der Waals surface area contributed by atoms with Crippen molar-refractivity contribution >= 4 is 40.5 Å². The van der Waals surface area contributed by atoms with Crippen molar-refractivity contribution in [3.63, 3.8) is 0 Å². The average molecular weight is 440 g/mol. The number of rotatable bonds is 3. The highest BCUT2D eigenvalue weighted by molar-refractivity contribution is 7.80. The molecule has 0 aliphatic carbocycles. The molecular weight excluding hydrogens is 427 g/mol.